The topological polar surface area (TPSA) is 59.0 Å². The van der Waals surface area contributed by atoms with Crippen molar-refractivity contribution in [1.82, 2.24) is 20.1 Å². The van der Waals surface area contributed by atoms with Crippen molar-refractivity contribution in [3.05, 3.63) is 76.7 Å². The Hall–Kier alpha value is -2.86. The van der Waals surface area contributed by atoms with E-state index in [9.17, 15) is 9.18 Å². The predicted molar refractivity (Wildman–Crippen MR) is 119 cm³/mol. The van der Waals surface area contributed by atoms with E-state index in [1.54, 1.807) is 31.1 Å². The van der Waals surface area contributed by atoms with Gasteiger partial charge in [-0.1, -0.05) is 54.1 Å². The number of aromatic nitrogens is 3. The number of alkyl halides is 1. The maximum atomic E-state index is 14.1. The maximum Gasteiger partial charge on any atom is 0.222 e. The molecule has 5 nitrogen and oxygen atoms in total. The fourth-order valence-corrected chi connectivity index (χ4v) is 4.14. The van der Waals surface area contributed by atoms with Crippen LogP contribution in [0.5, 0.6) is 0 Å². The summed E-state index contributed by atoms with van der Waals surface area (Å²) in [6, 6.07) is 17.1. The highest BCUT2D eigenvalue weighted by Crippen LogP contribution is 2.49. The van der Waals surface area contributed by atoms with Gasteiger partial charge in [0.05, 0.1) is 11.1 Å². The fraction of sp³-hybridized carbons (Fsp3) is 0.333. The van der Waals surface area contributed by atoms with Crippen molar-refractivity contribution in [2.75, 3.05) is 14.1 Å². The number of hydrogen-bond acceptors (Lipinski definition) is 4. The normalized spacial score (nSPS) is 20.2. The Morgan fingerprint density at radius 2 is 1.77 bits per heavy atom. The standard InChI is InChI=1S/C24H24ClFN4O/c1-30(2)21(31)13-12-20-22(16-6-4-3-5-7-16)28-29-23(27-20)24(14-19(26)15-24)17-8-10-18(25)11-9-17/h3-11,19H,12-15H2,1-2H3. The first-order chi connectivity index (χ1) is 14.9. The van der Waals surface area contributed by atoms with Crippen LogP contribution in [-0.2, 0) is 16.6 Å². The number of hydrogen-bond donors (Lipinski definition) is 0. The van der Waals surface area contributed by atoms with Gasteiger partial charge in [-0.3, -0.25) is 4.79 Å². The third kappa shape index (κ3) is 4.30. The molecule has 1 aliphatic rings. The molecule has 0 radical (unpaired) electrons. The Morgan fingerprint density at radius 1 is 1.10 bits per heavy atom. The quantitative estimate of drug-likeness (QED) is 0.563. The molecule has 31 heavy (non-hydrogen) atoms. The largest absolute Gasteiger partial charge is 0.349 e. The summed E-state index contributed by atoms with van der Waals surface area (Å²) in [5.41, 5.74) is 2.53. The van der Waals surface area contributed by atoms with Crippen LogP contribution in [0.2, 0.25) is 5.02 Å². The van der Waals surface area contributed by atoms with E-state index in [0.717, 1.165) is 11.1 Å². The number of carbonyl (C=O) groups excluding carboxylic acids is 1. The van der Waals surface area contributed by atoms with Crippen LogP contribution in [0, 0.1) is 0 Å². The lowest BCUT2D eigenvalue weighted by Crippen LogP contribution is -2.45. The van der Waals surface area contributed by atoms with Crippen molar-refractivity contribution in [2.45, 2.75) is 37.3 Å². The molecule has 0 spiro atoms. The molecule has 1 saturated carbocycles. The van der Waals surface area contributed by atoms with Crippen LogP contribution in [0.15, 0.2) is 54.6 Å². The van der Waals surface area contributed by atoms with Crippen LogP contribution in [0.1, 0.15) is 36.3 Å². The molecule has 0 aliphatic heterocycles. The molecule has 1 heterocycles. The van der Waals surface area contributed by atoms with Gasteiger partial charge in [0.15, 0.2) is 5.82 Å². The SMILES string of the molecule is CN(C)C(=O)CCc1nc(C2(c3ccc(Cl)cc3)CC(F)C2)nnc1-c1ccccc1. The zero-order valence-electron chi connectivity index (χ0n) is 17.6. The lowest BCUT2D eigenvalue weighted by atomic mass is 9.62. The number of rotatable bonds is 6. The smallest absolute Gasteiger partial charge is 0.222 e. The summed E-state index contributed by atoms with van der Waals surface area (Å²) in [5.74, 6) is 0.509. The molecule has 3 aromatic rings. The summed E-state index contributed by atoms with van der Waals surface area (Å²) in [7, 11) is 3.46. The molecule has 4 rings (SSSR count). The van der Waals surface area contributed by atoms with Crippen LogP contribution in [0.25, 0.3) is 11.3 Å². The summed E-state index contributed by atoms with van der Waals surface area (Å²) >= 11 is 6.05. The Bertz CT molecular complexity index is 1070. The second-order valence-corrected chi connectivity index (χ2v) is 8.62. The fourth-order valence-electron chi connectivity index (χ4n) is 4.02. The Labute approximate surface area is 186 Å². The Kier molecular flexibility index (Phi) is 6.01. The van der Waals surface area contributed by atoms with Crippen molar-refractivity contribution in [3.8, 4) is 11.3 Å². The lowest BCUT2D eigenvalue weighted by Gasteiger charge is -2.43. The molecule has 0 saturated heterocycles. The zero-order chi connectivity index (χ0) is 22.0. The summed E-state index contributed by atoms with van der Waals surface area (Å²) in [6.07, 6.45) is 0.435. The lowest BCUT2D eigenvalue weighted by molar-refractivity contribution is -0.128. The monoisotopic (exact) mass is 438 g/mol. The number of halogens is 2. The third-order valence-corrected chi connectivity index (χ3v) is 6.10. The third-order valence-electron chi connectivity index (χ3n) is 5.85. The van der Waals surface area contributed by atoms with Gasteiger partial charge in [-0.2, -0.15) is 0 Å². The maximum absolute atomic E-state index is 14.1. The number of benzene rings is 2. The Morgan fingerprint density at radius 3 is 2.39 bits per heavy atom. The van der Waals surface area contributed by atoms with Gasteiger partial charge in [0, 0.05) is 37.5 Å². The van der Waals surface area contributed by atoms with Crippen LogP contribution in [0.4, 0.5) is 4.39 Å². The van der Waals surface area contributed by atoms with Gasteiger partial charge in [0.25, 0.3) is 0 Å². The molecule has 1 amide bonds. The molecule has 1 aliphatic carbocycles. The number of amides is 1. The molecular formula is C24H24ClFN4O. The number of nitrogens with zero attached hydrogens (tertiary/aromatic N) is 4. The predicted octanol–water partition coefficient (Wildman–Crippen LogP) is 4.63. The molecule has 2 aromatic carbocycles. The van der Waals surface area contributed by atoms with Crippen LogP contribution >= 0.6 is 11.6 Å². The van der Waals surface area contributed by atoms with E-state index in [1.165, 1.54) is 0 Å². The zero-order valence-corrected chi connectivity index (χ0v) is 18.3. The molecule has 7 heteroatoms. The van der Waals surface area contributed by atoms with Gasteiger partial charge < -0.3 is 4.90 Å². The van der Waals surface area contributed by atoms with Gasteiger partial charge in [-0.15, -0.1) is 10.2 Å². The minimum atomic E-state index is -0.910. The van der Waals surface area contributed by atoms with Crippen molar-refractivity contribution < 1.29 is 9.18 Å². The van der Waals surface area contributed by atoms with Crippen molar-refractivity contribution in [2.24, 2.45) is 0 Å². The van der Waals surface area contributed by atoms with Gasteiger partial charge in [-0.25, -0.2) is 9.37 Å². The molecule has 0 N–H and O–H groups in total. The molecule has 0 unspecified atom stereocenters. The molecule has 1 fully saturated rings. The van der Waals surface area contributed by atoms with E-state index in [0.29, 0.717) is 47.9 Å². The van der Waals surface area contributed by atoms with Gasteiger partial charge in [0.1, 0.15) is 11.9 Å². The second kappa shape index (κ2) is 8.71. The minimum absolute atomic E-state index is 0.0130. The first-order valence-electron chi connectivity index (χ1n) is 10.3. The first-order valence-corrected chi connectivity index (χ1v) is 10.7. The molecule has 1 aromatic heterocycles. The van der Waals surface area contributed by atoms with E-state index in [2.05, 4.69) is 10.2 Å². The van der Waals surface area contributed by atoms with Gasteiger partial charge in [-0.05, 0) is 30.5 Å². The van der Waals surface area contributed by atoms with Gasteiger partial charge in [0.2, 0.25) is 5.91 Å². The number of aryl methyl sites for hydroxylation is 1. The average molecular weight is 439 g/mol. The highest BCUT2D eigenvalue weighted by atomic mass is 35.5. The summed E-state index contributed by atoms with van der Waals surface area (Å²) in [6.45, 7) is 0. The summed E-state index contributed by atoms with van der Waals surface area (Å²) in [5, 5.41) is 9.57. The molecule has 160 valence electrons. The van der Waals surface area contributed by atoms with Crippen LogP contribution < -0.4 is 0 Å². The van der Waals surface area contributed by atoms with Crippen LogP contribution in [-0.4, -0.2) is 46.3 Å². The summed E-state index contributed by atoms with van der Waals surface area (Å²) < 4.78 is 14.1. The van der Waals surface area contributed by atoms with E-state index < -0.39 is 11.6 Å². The Balaban J connectivity index is 1.76. The van der Waals surface area contributed by atoms with E-state index >= 15 is 0 Å². The second-order valence-electron chi connectivity index (χ2n) is 8.18. The van der Waals surface area contributed by atoms with E-state index in [1.807, 2.05) is 42.5 Å². The minimum Gasteiger partial charge on any atom is -0.349 e. The summed E-state index contributed by atoms with van der Waals surface area (Å²) in [4.78, 5) is 18.6. The van der Waals surface area contributed by atoms with Crippen molar-refractivity contribution in [3.63, 3.8) is 0 Å². The number of carbonyl (C=O) groups is 1. The van der Waals surface area contributed by atoms with Gasteiger partial charge >= 0.3 is 0 Å². The van der Waals surface area contributed by atoms with E-state index in [-0.39, 0.29) is 5.91 Å². The first kappa shape index (κ1) is 21.4. The van der Waals surface area contributed by atoms with Crippen molar-refractivity contribution >= 4 is 17.5 Å². The van der Waals surface area contributed by atoms with Crippen molar-refractivity contribution in [1.29, 1.82) is 0 Å². The molecule has 0 bridgehead atoms. The highest BCUT2D eigenvalue weighted by molar-refractivity contribution is 6.30. The average Bonchev–Trinajstić information content (AvgIpc) is 2.76. The highest BCUT2D eigenvalue weighted by Gasteiger charge is 2.50. The van der Waals surface area contributed by atoms with E-state index in [4.69, 9.17) is 16.6 Å². The molecular weight excluding hydrogens is 415 g/mol. The van der Waals surface area contributed by atoms with Crippen LogP contribution in [0.3, 0.4) is 0 Å². The molecule has 0 atom stereocenters.